The molecule has 0 saturated heterocycles. The normalized spacial score (nSPS) is 14.9. The monoisotopic (exact) mass is 1650 g/mol. The molecular weight excluding hydrogens is 1520 g/mol. The Hall–Kier alpha value is -12.0. The predicted molar refractivity (Wildman–Crippen MR) is 433 cm³/mol. The summed E-state index contributed by atoms with van der Waals surface area (Å²) >= 11 is 0. The van der Waals surface area contributed by atoms with Crippen LogP contribution in [0.5, 0.6) is 5.75 Å². The van der Waals surface area contributed by atoms with Crippen LogP contribution in [0.15, 0.2) is 48.5 Å². The number of nitrogens with one attached hydrogen (secondary N) is 18. The van der Waals surface area contributed by atoms with Gasteiger partial charge in [0.1, 0.15) is 78.3 Å². The molecule has 0 saturated carbocycles. The van der Waals surface area contributed by atoms with Crippen LogP contribution in [0.1, 0.15) is 180 Å². The Kier molecular flexibility index (Phi) is 45.4. The Morgan fingerprint density at radius 1 is 0.393 bits per heavy atom. The van der Waals surface area contributed by atoms with E-state index in [-0.39, 0.29) is 120 Å². The van der Waals surface area contributed by atoms with Crippen molar-refractivity contribution in [1.82, 2.24) is 79.8 Å². The van der Waals surface area contributed by atoms with Crippen molar-refractivity contribution in [3.05, 3.63) is 65.2 Å². The fraction of sp³-hybridized carbons (Fsp3) is 0.600. The molecule has 0 aliphatic carbocycles. The van der Waals surface area contributed by atoms with E-state index in [0.29, 0.717) is 18.4 Å². The highest BCUT2D eigenvalue weighted by molar-refractivity contribution is 6.02. The molecule has 2 rings (SSSR count). The fourth-order valence-corrected chi connectivity index (χ4v) is 11.7. The van der Waals surface area contributed by atoms with Crippen LogP contribution in [0.4, 0.5) is 0 Å². The van der Waals surface area contributed by atoms with Crippen LogP contribution in [0.25, 0.3) is 0 Å². The van der Waals surface area contributed by atoms with Crippen molar-refractivity contribution < 1.29 is 82.1 Å². The number of hydrogen-bond donors (Lipinski definition) is 27. The second kappa shape index (κ2) is 52.5. The maximum atomic E-state index is 14.6. The van der Waals surface area contributed by atoms with E-state index in [9.17, 15) is 82.1 Å². The zero-order valence-corrected chi connectivity index (χ0v) is 68.1. The summed E-state index contributed by atoms with van der Waals surface area (Å²) < 4.78 is 0. The van der Waals surface area contributed by atoms with E-state index in [2.05, 4.69) is 79.8 Å². The maximum absolute atomic E-state index is 14.6. The lowest BCUT2D eigenvalue weighted by atomic mass is 9.95. The zero-order valence-electron chi connectivity index (χ0n) is 68.1. The highest BCUT2D eigenvalue weighted by Crippen LogP contribution is 2.18. The minimum Gasteiger partial charge on any atom is -0.508 e. The first-order valence-corrected chi connectivity index (χ1v) is 39.1. The number of amides is 15. The number of hydrogen-bond acceptors (Lipinski definition) is 21. The summed E-state index contributed by atoms with van der Waals surface area (Å²) in [7, 11) is 0. The second-order valence-electron chi connectivity index (χ2n) is 29.2. The van der Waals surface area contributed by atoms with E-state index in [1.54, 1.807) is 53.7 Å². The number of guanidine groups is 3. The average molecular weight is 1650 g/mol. The molecule has 0 aliphatic rings. The summed E-state index contributed by atoms with van der Waals surface area (Å²) in [5.74, 6) is -17.5. The minimum atomic E-state index is -1.92. The number of aliphatic hydroxyl groups excluding tert-OH is 1. The number of rotatable bonds is 55. The van der Waals surface area contributed by atoms with Gasteiger partial charge in [-0.2, -0.15) is 0 Å². The van der Waals surface area contributed by atoms with Crippen molar-refractivity contribution in [1.29, 1.82) is 16.2 Å². The molecule has 0 spiro atoms. The zero-order chi connectivity index (χ0) is 88.3. The summed E-state index contributed by atoms with van der Waals surface area (Å²) in [6.07, 6.45) is -2.57. The summed E-state index contributed by atoms with van der Waals surface area (Å²) in [5.41, 5.74) is 40.4. The van der Waals surface area contributed by atoms with Crippen molar-refractivity contribution in [2.75, 3.05) is 19.6 Å². The molecule has 42 nitrogen and oxygen atoms in total. The topological polar surface area (TPSA) is 731 Å². The van der Waals surface area contributed by atoms with E-state index < -0.39 is 210 Å². The SMILES string of the molecule is CCCC[C@H](NC(=O)[C@H](C)NC(=O)[C@H](CCCNC(=N)N)NC(=O)c1ccc(CN)cc1)C(=O)N[C@H](C(=O)N[C@@H](CC(N)=O)C(=O)N[C@@H](CC(C)C)C(=O)N[C@H](C(=O)N[C@H](C(=O)N[C@@H](CCCNC(=N)N)C(=O)N[C@@H](CCC(N)=O)C(=O)N[C@@H](CCCNC(=N)N)C(=O)N[C@@H](Cc1ccc(O)cc1)C(N)=O)[C@@H](C)O)[C@@H](C)CC)[C@@H](C)CC. The summed E-state index contributed by atoms with van der Waals surface area (Å²) in [4.78, 5) is 209. The van der Waals surface area contributed by atoms with Gasteiger partial charge in [-0.1, -0.05) is 98.4 Å². The number of aromatic hydroxyl groups is 1. The molecule has 0 aliphatic heterocycles. The number of unbranched alkanes of at least 4 members (excludes halogenated alkanes) is 1. The molecule has 117 heavy (non-hydrogen) atoms. The molecule has 0 radical (unpaired) electrons. The van der Waals surface area contributed by atoms with Gasteiger partial charge in [-0.15, -0.1) is 0 Å². The van der Waals surface area contributed by atoms with E-state index in [1.807, 2.05) is 6.92 Å². The van der Waals surface area contributed by atoms with Crippen molar-refractivity contribution >= 4 is 106 Å². The molecular formula is C75H125N25O17. The van der Waals surface area contributed by atoms with E-state index in [0.717, 1.165) is 12.5 Å². The molecule has 2 aromatic rings. The number of benzene rings is 2. The van der Waals surface area contributed by atoms with E-state index in [4.69, 9.17) is 56.4 Å². The number of carbonyl (C=O) groups excluding carboxylic acids is 15. The first-order valence-electron chi connectivity index (χ1n) is 39.1. The van der Waals surface area contributed by atoms with E-state index in [1.165, 1.54) is 43.3 Å². The molecule has 652 valence electrons. The van der Waals surface area contributed by atoms with Gasteiger partial charge in [-0.05, 0) is 125 Å². The van der Waals surface area contributed by atoms with Crippen LogP contribution >= 0.6 is 0 Å². The summed E-state index contributed by atoms with van der Waals surface area (Å²) in [6.45, 7) is 14.6. The molecule has 0 fully saturated rings. The number of nitrogens with two attached hydrogens (primary N) is 7. The Bertz CT molecular complexity index is 3700. The molecule has 15 atom stereocenters. The van der Waals surface area contributed by atoms with E-state index >= 15 is 0 Å². The highest BCUT2D eigenvalue weighted by Gasteiger charge is 2.40. The molecule has 42 heteroatoms. The fourth-order valence-electron chi connectivity index (χ4n) is 11.7. The third-order valence-electron chi connectivity index (χ3n) is 18.9. The van der Waals surface area contributed by atoms with Gasteiger partial charge >= 0.3 is 0 Å². The smallest absolute Gasteiger partial charge is 0.251 e. The van der Waals surface area contributed by atoms with Gasteiger partial charge in [-0.3, -0.25) is 88.1 Å². The molecule has 15 amide bonds. The third-order valence-corrected chi connectivity index (χ3v) is 18.9. The number of aliphatic hydroxyl groups is 1. The van der Waals surface area contributed by atoms with Crippen molar-refractivity contribution in [2.24, 2.45) is 57.9 Å². The predicted octanol–water partition coefficient (Wildman–Crippen LogP) is -5.33. The molecule has 2 aromatic carbocycles. The average Bonchev–Trinajstić information content (AvgIpc) is 0.828. The highest BCUT2D eigenvalue weighted by atomic mass is 16.3. The largest absolute Gasteiger partial charge is 0.508 e. The van der Waals surface area contributed by atoms with Crippen LogP contribution in [0.2, 0.25) is 0 Å². The van der Waals surface area contributed by atoms with Gasteiger partial charge < -0.3 is 130 Å². The Morgan fingerprint density at radius 2 is 0.752 bits per heavy atom. The van der Waals surface area contributed by atoms with Gasteiger partial charge in [0, 0.05) is 44.6 Å². The molecule has 34 N–H and O–H groups in total. The number of carbonyl (C=O) groups is 15. The van der Waals surface area contributed by atoms with Gasteiger partial charge in [0.2, 0.25) is 82.7 Å². The number of phenols is 1. The third kappa shape index (κ3) is 38.4. The van der Waals surface area contributed by atoms with Crippen LogP contribution in [-0.2, 0) is 80.1 Å². The standard InChI is InChI=1S/C75H125N25O17/c1-10-13-17-47(90-61(106)41(8)89-63(108)48(18-14-31-86-73(80)81)91-62(107)45-25-21-44(37-76)22-26-45)67(112)98-57(39(6)11-2)70(115)97-54(36-56(78)104)68(113)96-53(34-38(4)5)69(114)99-58(40(7)12-3)71(116)100-59(42(9)101)72(117)94-50(20-16-33-88-75(84)85)64(109)93-51(29-30-55(77)103)66(111)92-49(19-15-32-87-74(82)83)65(110)95-52(60(79)105)35-43-23-27-46(102)28-24-43/h21-28,38-42,47-54,57-59,101-102H,10-20,29-37,76H2,1-9H3,(H2,77,103)(H2,78,104)(H2,79,105)(H,89,108)(H,90,106)(H,91,107)(H,92,111)(H,93,109)(H,94,117)(H,95,110)(H,96,113)(H,97,115)(H,98,112)(H,99,114)(H,100,116)(H4,80,81,86)(H4,82,83,87)(H4,84,85,88)/t39-,40-,41-,42+,47-,48-,49-,50-,51-,52-,53-,54-,57-,58-,59-/m0/s1. The van der Waals surface area contributed by atoms with Crippen LogP contribution in [0.3, 0.4) is 0 Å². The van der Waals surface area contributed by atoms with Gasteiger partial charge in [0.25, 0.3) is 5.91 Å². The number of phenolic OH excluding ortho intramolecular Hbond substituents is 1. The van der Waals surface area contributed by atoms with Crippen LogP contribution < -0.4 is 120 Å². The van der Waals surface area contributed by atoms with Gasteiger partial charge in [0.15, 0.2) is 17.9 Å². The second-order valence-corrected chi connectivity index (χ2v) is 29.2. The lowest BCUT2D eigenvalue weighted by Crippen LogP contribution is -2.63. The first-order chi connectivity index (χ1) is 55.0. The Balaban J connectivity index is 2.50. The van der Waals surface area contributed by atoms with Gasteiger partial charge in [0.05, 0.1) is 12.5 Å². The number of primary amides is 3. The molecule has 0 heterocycles. The molecule has 0 unspecified atom stereocenters. The van der Waals surface area contributed by atoms with Gasteiger partial charge in [-0.25, -0.2) is 0 Å². The van der Waals surface area contributed by atoms with Crippen molar-refractivity contribution in [2.45, 2.75) is 250 Å². The van der Waals surface area contributed by atoms with Crippen LogP contribution in [-0.4, -0.2) is 215 Å². The van der Waals surface area contributed by atoms with Crippen molar-refractivity contribution in [3.8, 4) is 5.75 Å². The Labute approximate surface area is 680 Å². The Morgan fingerprint density at radius 3 is 1.17 bits per heavy atom. The lowest BCUT2D eigenvalue weighted by molar-refractivity contribution is -0.138. The minimum absolute atomic E-state index is 0.0207. The molecule has 0 aromatic heterocycles. The quantitative estimate of drug-likeness (QED) is 0.0167. The van der Waals surface area contributed by atoms with Crippen molar-refractivity contribution in [3.63, 3.8) is 0 Å². The summed E-state index contributed by atoms with van der Waals surface area (Å²) in [5, 5.41) is 82.1. The first kappa shape index (κ1) is 101. The molecule has 0 bridgehead atoms. The lowest BCUT2D eigenvalue weighted by Gasteiger charge is -2.31. The van der Waals surface area contributed by atoms with Crippen LogP contribution in [0, 0.1) is 34.0 Å². The maximum Gasteiger partial charge on any atom is 0.251 e. The summed E-state index contributed by atoms with van der Waals surface area (Å²) in [6, 6.07) is -6.20.